The Kier molecular flexibility index (Phi) is 5.34. The van der Waals surface area contributed by atoms with Crippen LogP contribution in [0, 0.1) is 13.8 Å². The van der Waals surface area contributed by atoms with Gasteiger partial charge in [0.1, 0.15) is 5.69 Å². The molecule has 2 aromatic rings. The van der Waals surface area contributed by atoms with E-state index in [-0.39, 0.29) is 12.3 Å². The third kappa shape index (κ3) is 3.68. The number of aryl methyl sites for hydroxylation is 1. The Morgan fingerprint density at radius 3 is 2.57 bits per heavy atom. The van der Waals surface area contributed by atoms with Crippen LogP contribution in [0.3, 0.4) is 0 Å². The van der Waals surface area contributed by atoms with Crippen LogP contribution in [0.25, 0.3) is 0 Å². The lowest BCUT2D eigenvalue weighted by Gasteiger charge is -2.07. The predicted octanol–water partition coefficient (Wildman–Crippen LogP) is 4.37. The van der Waals surface area contributed by atoms with Gasteiger partial charge >= 0.3 is 5.97 Å². The second-order valence-corrected chi connectivity index (χ2v) is 5.77. The van der Waals surface area contributed by atoms with E-state index in [4.69, 9.17) is 27.9 Å². The molecule has 0 aliphatic rings. The van der Waals surface area contributed by atoms with Gasteiger partial charge in [0, 0.05) is 10.7 Å². The molecule has 0 bridgehead atoms. The molecule has 23 heavy (non-hydrogen) atoms. The molecule has 2 N–H and O–H groups in total. The molecular formula is C16H16Cl2N2O3. The molecule has 122 valence electrons. The van der Waals surface area contributed by atoms with Crippen LogP contribution in [0.2, 0.25) is 10.0 Å². The van der Waals surface area contributed by atoms with Crippen molar-refractivity contribution in [1.82, 2.24) is 4.98 Å². The maximum Gasteiger partial charge on any atom is 0.340 e. The van der Waals surface area contributed by atoms with E-state index in [1.807, 2.05) is 0 Å². The highest BCUT2D eigenvalue weighted by molar-refractivity contribution is 6.36. The van der Waals surface area contributed by atoms with Crippen LogP contribution < -0.4 is 5.32 Å². The second kappa shape index (κ2) is 7.06. The van der Waals surface area contributed by atoms with Crippen molar-refractivity contribution in [2.75, 3.05) is 11.9 Å². The Morgan fingerprint density at radius 1 is 1.26 bits per heavy atom. The number of hydrogen-bond donors (Lipinski definition) is 2. The molecule has 0 unspecified atom stereocenters. The van der Waals surface area contributed by atoms with E-state index in [1.165, 1.54) is 6.07 Å². The van der Waals surface area contributed by atoms with E-state index in [0.29, 0.717) is 32.6 Å². The van der Waals surface area contributed by atoms with Gasteiger partial charge in [0.05, 0.1) is 22.9 Å². The molecule has 1 heterocycles. The Bertz CT molecular complexity index is 769. The molecule has 0 saturated heterocycles. The van der Waals surface area contributed by atoms with Crippen LogP contribution in [0.5, 0.6) is 0 Å². The van der Waals surface area contributed by atoms with Crippen molar-refractivity contribution in [1.29, 1.82) is 0 Å². The zero-order valence-electron chi connectivity index (χ0n) is 12.9. The van der Waals surface area contributed by atoms with E-state index in [9.17, 15) is 9.59 Å². The number of esters is 1. The fourth-order valence-electron chi connectivity index (χ4n) is 2.26. The molecule has 2 rings (SSSR count). The summed E-state index contributed by atoms with van der Waals surface area (Å²) < 4.78 is 5.01. The van der Waals surface area contributed by atoms with Crippen LogP contribution in [0.15, 0.2) is 18.2 Å². The lowest BCUT2D eigenvalue weighted by atomic mass is 10.1. The van der Waals surface area contributed by atoms with E-state index >= 15 is 0 Å². The Labute approximate surface area is 143 Å². The molecule has 1 aromatic heterocycles. The van der Waals surface area contributed by atoms with Crippen LogP contribution in [0.1, 0.15) is 39.0 Å². The van der Waals surface area contributed by atoms with Gasteiger partial charge in [-0.25, -0.2) is 4.79 Å². The van der Waals surface area contributed by atoms with Crippen molar-refractivity contribution in [3.05, 3.63) is 50.8 Å². The van der Waals surface area contributed by atoms with E-state index in [2.05, 4.69) is 10.3 Å². The first-order valence-corrected chi connectivity index (χ1v) is 7.73. The number of nitrogens with one attached hydrogen (secondary N) is 2. The van der Waals surface area contributed by atoms with Crippen molar-refractivity contribution >= 4 is 40.8 Å². The van der Waals surface area contributed by atoms with Gasteiger partial charge in [0.15, 0.2) is 0 Å². The summed E-state index contributed by atoms with van der Waals surface area (Å²) >= 11 is 11.9. The molecule has 0 fully saturated rings. The second-order valence-electron chi connectivity index (χ2n) is 4.92. The van der Waals surface area contributed by atoms with E-state index in [0.717, 1.165) is 0 Å². The number of hydrogen-bond acceptors (Lipinski definition) is 3. The lowest BCUT2D eigenvalue weighted by Crippen LogP contribution is -2.14. The fourth-order valence-corrected chi connectivity index (χ4v) is 2.72. The Balaban J connectivity index is 2.30. The van der Waals surface area contributed by atoms with Crippen molar-refractivity contribution in [3.63, 3.8) is 0 Å². The summed E-state index contributed by atoms with van der Waals surface area (Å²) in [5.74, 6) is -0.854. The van der Waals surface area contributed by atoms with Gasteiger partial charge in [-0.2, -0.15) is 0 Å². The average molecular weight is 355 g/mol. The van der Waals surface area contributed by atoms with Gasteiger partial charge in [-0.1, -0.05) is 23.2 Å². The molecule has 0 aliphatic carbocycles. The van der Waals surface area contributed by atoms with Crippen LogP contribution in [-0.2, 0) is 4.74 Å². The van der Waals surface area contributed by atoms with Gasteiger partial charge in [-0.05, 0) is 44.5 Å². The summed E-state index contributed by atoms with van der Waals surface area (Å²) in [6.07, 6.45) is 0. The number of rotatable bonds is 4. The van der Waals surface area contributed by atoms with Crippen molar-refractivity contribution in [2.24, 2.45) is 0 Å². The summed E-state index contributed by atoms with van der Waals surface area (Å²) in [7, 11) is 0. The Hall–Kier alpha value is -1.98. The molecule has 0 radical (unpaired) electrons. The predicted molar refractivity (Wildman–Crippen MR) is 90.6 cm³/mol. The van der Waals surface area contributed by atoms with Crippen molar-refractivity contribution in [3.8, 4) is 0 Å². The summed E-state index contributed by atoms with van der Waals surface area (Å²) in [6.45, 7) is 5.40. The molecule has 1 aromatic carbocycles. The standard InChI is InChI=1S/C16H16Cl2N2O3/c1-4-23-16(22)13-8(2)14(19-9(13)3)15(21)20-12-6-5-10(17)7-11(12)18/h5-7,19H,4H2,1-3H3,(H,20,21). The highest BCUT2D eigenvalue weighted by Gasteiger charge is 2.23. The maximum absolute atomic E-state index is 12.4. The first-order chi connectivity index (χ1) is 10.8. The number of H-pyrrole nitrogens is 1. The van der Waals surface area contributed by atoms with E-state index < -0.39 is 11.9 Å². The number of carbonyl (C=O) groups excluding carboxylic acids is 2. The number of ether oxygens (including phenoxy) is 1. The van der Waals surface area contributed by atoms with Gasteiger partial charge in [0.25, 0.3) is 5.91 Å². The van der Waals surface area contributed by atoms with Gasteiger partial charge in [-0.15, -0.1) is 0 Å². The molecule has 0 atom stereocenters. The lowest BCUT2D eigenvalue weighted by molar-refractivity contribution is 0.0525. The highest BCUT2D eigenvalue weighted by Crippen LogP contribution is 2.27. The average Bonchev–Trinajstić information content (AvgIpc) is 2.77. The molecule has 0 spiro atoms. The zero-order valence-corrected chi connectivity index (χ0v) is 14.4. The van der Waals surface area contributed by atoms with Gasteiger partial charge in [-0.3, -0.25) is 4.79 Å². The smallest absolute Gasteiger partial charge is 0.340 e. The minimum Gasteiger partial charge on any atom is -0.462 e. The van der Waals surface area contributed by atoms with Crippen molar-refractivity contribution < 1.29 is 14.3 Å². The minimum absolute atomic E-state index is 0.269. The summed E-state index contributed by atoms with van der Waals surface area (Å²) in [6, 6.07) is 4.77. The molecule has 0 saturated carbocycles. The molecule has 0 aliphatic heterocycles. The van der Waals surface area contributed by atoms with Gasteiger partial charge < -0.3 is 15.0 Å². The third-order valence-electron chi connectivity index (χ3n) is 3.32. The number of anilines is 1. The number of benzene rings is 1. The molecular weight excluding hydrogens is 339 g/mol. The SMILES string of the molecule is CCOC(=O)c1c(C)[nH]c(C(=O)Nc2ccc(Cl)cc2Cl)c1C. The molecule has 7 heteroatoms. The number of aromatic nitrogens is 1. The number of amides is 1. The van der Waals surface area contributed by atoms with Gasteiger partial charge in [0.2, 0.25) is 0 Å². The summed E-state index contributed by atoms with van der Waals surface area (Å²) in [5.41, 5.74) is 2.21. The maximum atomic E-state index is 12.4. The molecule has 5 nitrogen and oxygen atoms in total. The van der Waals surface area contributed by atoms with Crippen LogP contribution in [0.4, 0.5) is 5.69 Å². The number of aromatic amines is 1. The molecule has 1 amide bonds. The largest absolute Gasteiger partial charge is 0.462 e. The first kappa shape index (κ1) is 17.4. The summed E-state index contributed by atoms with van der Waals surface area (Å²) in [5, 5.41) is 3.50. The normalized spacial score (nSPS) is 10.5. The van der Waals surface area contributed by atoms with Crippen molar-refractivity contribution in [2.45, 2.75) is 20.8 Å². The summed E-state index contributed by atoms with van der Waals surface area (Å²) in [4.78, 5) is 27.3. The fraction of sp³-hybridized carbons (Fsp3) is 0.250. The first-order valence-electron chi connectivity index (χ1n) is 6.97. The zero-order chi connectivity index (χ0) is 17.1. The quantitative estimate of drug-likeness (QED) is 0.800. The van der Waals surface area contributed by atoms with E-state index in [1.54, 1.807) is 32.9 Å². The third-order valence-corrected chi connectivity index (χ3v) is 3.87. The number of halogens is 2. The van der Waals surface area contributed by atoms with Crippen LogP contribution in [-0.4, -0.2) is 23.5 Å². The topological polar surface area (TPSA) is 71.2 Å². The van der Waals surface area contributed by atoms with Crippen LogP contribution >= 0.6 is 23.2 Å². The monoisotopic (exact) mass is 354 g/mol. The minimum atomic E-state index is -0.456. The highest BCUT2D eigenvalue weighted by atomic mass is 35.5. The number of carbonyl (C=O) groups is 2. The Morgan fingerprint density at radius 2 is 1.96 bits per heavy atom.